The lowest BCUT2D eigenvalue weighted by Crippen LogP contribution is -2.42. The van der Waals surface area contributed by atoms with Crippen molar-refractivity contribution in [1.82, 2.24) is 4.90 Å². The predicted octanol–water partition coefficient (Wildman–Crippen LogP) is 4.27. The number of carbonyl (C=O) groups is 3. The molecule has 0 spiro atoms. The molecule has 152 valence electrons. The van der Waals surface area contributed by atoms with Crippen LogP contribution in [0.4, 0.5) is 4.79 Å². The molecule has 0 aliphatic carbocycles. The number of rotatable bonds is 7. The number of imide groups is 1. The SMILES string of the molecule is C=CC[C@H](C)[C@@H](CC(=O)OC(C)(C)C)C(=O)N1C(=O)OCC1c1ccccc1. The molecule has 6 nitrogen and oxygen atoms in total. The van der Waals surface area contributed by atoms with Gasteiger partial charge in [-0.15, -0.1) is 6.58 Å². The van der Waals surface area contributed by atoms with Crippen molar-refractivity contribution in [3.8, 4) is 0 Å². The Balaban J connectivity index is 2.27. The standard InChI is InChI=1S/C22H29NO5/c1-6-10-15(2)17(13-19(24)28-22(3,4)5)20(25)23-18(14-27-21(23)26)16-11-8-7-9-12-16/h6-9,11-12,15,17-18H,1,10,13-14H2,2-5H3/t15-,17+,18?/m0/s1. The van der Waals surface area contributed by atoms with Crippen LogP contribution in [0, 0.1) is 11.8 Å². The summed E-state index contributed by atoms with van der Waals surface area (Å²) in [5.74, 6) is -1.77. The Labute approximate surface area is 166 Å². The molecule has 28 heavy (non-hydrogen) atoms. The molecular weight excluding hydrogens is 358 g/mol. The lowest BCUT2D eigenvalue weighted by molar-refractivity contribution is -0.159. The highest BCUT2D eigenvalue weighted by Gasteiger charge is 2.43. The monoisotopic (exact) mass is 387 g/mol. The molecule has 2 rings (SSSR count). The number of cyclic esters (lactones) is 1. The Morgan fingerprint density at radius 3 is 2.54 bits per heavy atom. The molecular formula is C22H29NO5. The van der Waals surface area contributed by atoms with Gasteiger partial charge in [-0.3, -0.25) is 9.59 Å². The molecule has 1 heterocycles. The Morgan fingerprint density at radius 1 is 1.32 bits per heavy atom. The maximum atomic E-state index is 13.3. The number of hydrogen-bond donors (Lipinski definition) is 0. The van der Waals surface area contributed by atoms with E-state index in [1.54, 1.807) is 26.8 Å². The molecule has 1 fully saturated rings. The van der Waals surface area contributed by atoms with E-state index in [-0.39, 0.29) is 18.9 Å². The van der Waals surface area contributed by atoms with E-state index in [2.05, 4.69) is 6.58 Å². The fraction of sp³-hybridized carbons (Fsp3) is 0.500. The highest BCUT2D eigenvalue weighted by atomic mass is 16.6. The minimum atomic E-state index is -0.704. The summed E-state index contributed by atoms with van der Waals surface area (Å²) in [5.41, 5.74) is 0.167. The second-order valence-electron chi connectivity index (χ2n) is 8.11. The third kappa shape index (κ3) is 5.44. The lowest BCUT2D eigenvalue weighted by Gasteiger charge is -2.29. The van der Waals surface area contributed by atoms with Crippen LogP contribution in [0.2, 0.25) is 0 Å². The summed E-state index contributed by atoms with van der Waals surface area (Å²) in [6.45, 7) is 11.0. The molecule has 1 aliphatic rings. The fourth-order valence-corrected chi connectivity index (χ4v) is 3.29. The fourth-order valence-electron chi connectivity index (χ4n) is 3.29. The van der Waals surface area contributed by atoms with Crippen molar-refractivity contribution in [3.05, 3.63) is 48.6 Å². The van der Waals surface area contributed by atoms with Gasteiger partial charge in [-0.2, -0.15) is 0 Å². The van der Waals surface area contributed by atoms with E-state index in [0.717, 1.165) is 10.5 Å². The van der Waals surface area contributed by atoms with E-state index >= 15 is 0 Å². The highest BCUT2D eigenvalue weighted by molar-refractivity contribution is 5.96. The maximum absolute atomic E-state index is 13.3. The van der Waals surface area contributed by atoms with Crippen LogP contribution >= 0.6 is 0 Å². The number of amides is 2. The second kappa shape index (κ2) is 9.04. The van der Waals surface area contributed by atoms with Crippen LogP contribution in [0.5, 0.6) is 0 Å². The normalized spacial score (nSPS) is 18.9. The van der Waals surface area contributed by atoms with E-state index in [1.807, 2.05) is 37.3 Å². The van der Waals surface area contributed by atoms with Crippen LogP contribution < -0.4 is 0 Å². The zero-order valence-corrected chi connectivity index (χ0v) is 17.0. The quantitative estimate of drug-likeness (QED) is 0.516. The van der Waals surface area contributed by atoms with E-state index in [0.29, 0.717) is 6.42 Å². The Hall–Kier alpha value is -2.63. The average Bonchev–Trinajstić information content (AvgIpc) is 3.00. The van der Waals surface area contributed by atoms with Gasteiger partial charge in [0.25, 0.3) is 0 Å². The molecule has 0 radical (unpaired) electrons. The van der Waals surface area contributed by atoms with Gasteiger partial charge in [-0.05, 0) is 38.7 Å². The number of carbonyl (C=O) groups excluding carboxylic acids is 3. The third-order valence-electron chi connectivity index (χ3n) is 4.64. The molecule has 0 N–H and O–H groups in total. The topological polar surface area (TPSA) is 72.9 Å². The van der Waals surface area contributed by atoms with Crippen molar-refractivity contribution in [2.45, 2.75) is 52.2 Å². The summed E-state index contributed by atoms with van der Waals surface area (Å²) in [5, 5.41) is 0. The van der Waals surface area contributed by atoms with E-state index in [9.17, 15) is 14.4 Å². The molecule has 1 aromatic carbocycles. The number of esters is 1. The minimum Gasteiger partial charge on any atom is -0.460 e. The summed E-state index contributed by atoms with van der Waals surface area (Å²) in [7, 11) is 0. The second-order valence-corrected chi connectivity index (χ2v) is 8.11. The molecule has 1 aromatic rings. The Kier molecular flexibility index (Phi) is 7.00. The molecule has 2 amide bonds. The van der Waals surface area contributed by atoms with Crippen LogP contribution in [0.15, 0.2) is 43.0 Å². The van der Waals surface area contributed by atoms with Gasteiger partial charge in [0.2, 0.25) is 5.91 Å². The number of nitrogens with zero attached hydrogens (tertiary/aromatic N) is 1. The predicted molar refractivity (Wildman–Crippen MR) is 105 cm³/mol. The van der Waals surface area contributed by atoms with Gasteiger partial charge in [-0.1, -0.05) is 43.3 Å². The van der Waals surface area contributed by atoms with E-state index < -0.39 is 35.5 Å². The molecule has 0 bridgehead atoms. The first-order valence-electron chi connectivity index (χ1n) is 9.51. The van der Waals surface area contributed by atoms with E-state index in [1.165, 1.54) is 0 Å². The summed E-state index contributed by atoms with van der Waals surface area (Å²) >= 11 is 0. The van der Waals surface area contributed by atoms with Crippen LogP contribution in [0.3, 0.4) is 0 Å². The summed E-state index contributed by atoms with van der Waals surface area (Å²) in [4.78, 5) is 39.2. The van der Waals surface area contributed by atoms with Crippen molar-refractivity contribution in [2.24, 2.45) is 11.8 Å². The van der Waals surface area contributed by atoms with Crippen LogP contribution in [0.25, 0.3) is 0 Å². The zero-order chi connectivity index (χ0) is 20.9. The molecule has 0 aromatic heterocycles. The van der Waals surface area contributed by atoms with Gasteiger partial charge in [0.1, 0.15) is 18.2 Å². The van der Waals surface area contributed by atoms with Gasteiger partial charge < -0.3 is 9.47 Å². The largest absolute Gasteiger partial charge is 0.460 e. The lowest BCUT2D eigenvalue weighted by atomic mass is 9.86. The summed E-state index contributed by atoms with van der Waals surface area (Å²) in [6.07, 6.45) is 1.46. The van der Waals surface area contributed by atoms with Gasteiger partial charge >= 0.3 is 12.1 Å². The molecule has 1 aliphatic heterocycles. The van der Waals surface area contributed by atoms with Crippen molar-refractivity contribution in [1.29, 1.82) is 0 Å². The molecule has 1 unspecified atom stereocenters. The van der Waals surface area contributed by atoms with Crippen LogP contribution in [-0.4, -0.2) is 35.1 Å². The first-order valence-corrected chi connectivity index (χ1v) is 9.51. The van der Waals surface area contributed by atoms with Crippen molar-refractivity contribution in [2.75, 3.05) is 6.61 Å². The number of hydrogen-bond acceptors (Lipinski definition) is 5. The van der Waals surface area contributed by atoms with Crippen molar-refractivity contribution < 1.29 is 23.9 Å². The van der Waals surface area contributed by atoms with Crippen LogP contribution in [-0.2, 0) is 19.1 Å². The number of benzene rings is 1. The van der Waals surface area contributed by atoms with Crippen molar-refractivity contribution >= 4 is 18.0 Å². The molecule has 1 saturated heterocycles. The number of ether oxygens (including phenoxy) is 2. The molecule has 0 saturated carbocycles. The smallest absolute Gasteiger partial charge is 0.417 e. The molecule has 6 heteroatoms. The Bertz CT molecular complexity index is 722. The third-order valence-corrected chi connectivity index (χ3v) is 4.64. The first kappa shape index (κ1) is 21.7. The minimum absolute atomic E-state index is 0.101. The molecule has 3 atom stereocenters. The maximum Gasteiger partial charge on any atom is 0.417 e. The summed E-state index contributed by atoms with van der Waals surface area (Å²) < 4.78 is 10.6. The zero-order valence-electron chi connectivity index (χ0n) is 17.0. The average molecular weight is 387 g/mol. The Morgan fingerprint density at radius 2 is 1.96 bits per heavy atom. The van der Waals surface area contributed by atoms with Gasteiger partial charge in [0.15, 0.2) is 0 Å². The number of allylic oxidation sites excluding steroid dienone is 1. The van der Waals surface area contributed by atoms with Crippen molar-refractivity contribution in [3.63, 3.8) is 0 Å². The van der Waals surface area contributed by atoms with Crippen LogP contribution in [0.1, 0.15) is 52.1 Å². The summed E-state index contributed by atoms with van der Waals surface area (Å²) in [6, 6.07) is 8.76. The first-order chi connectivity index (χ1) is 13.1. The highest BCUT2D eigenvalue weighted by Crippen LogP contribution is 2.33. The van der Waals surface area contributed by atoms with E-state index in [4.69, 9.17) is 9.47 Å². The van der Waals surface area contributed by atoms with Gasteiger partial charge in [0.05, 0.1) is 12.3 Å². The van der Waals surface area contributed by atoms with Gasteiger partial charge in [0, 0.05) is 0 Å². The van der Waals surface area contributed by atoms with Gasteiger partial charge in [-0.25, -0.2) is 9.69 Å².